The maximum atomic E-state index is 13.9. The lowest BCUT2D eigenvalue weighted by Crippen LogP contribution is -2.49. The molecule has 1 aliphatic carbocycles. The fraction of sp³-hybridized carbons (Fsp3) is 0.500. The molecule has 226 valence electrons. The molecule has 4 rings (SSSR count). The summed E-state index contributed by atoms with van der Waals surface area (Å²) in [5, 5.41) is 15.8. The van der Waals surface area contributed by atoms with Gasteiger partial charge in [0.25, 0.3) is 0 Å². The first-order valence-electron chi connectivity index (χ1n) is 14.4. The SMILES string of the molecule is CCN(CC)CCN(C(=O)Cn1nnc(-c2ccc(OC)c(OC)c2)n1)[C@@H](C(=O)NC1CCCC1)c1ccc(F)cc1. The van der Waals surface area contributed by atoms with Gasteiger partial charge >= 0.3 is 0 Å². The van der Waals surface area contributed by atoms with Crippen LogP contribution in [0.3, 0.4) is 0 Å². The van der Waals surface area contributed by atoms with Gasteiger partial charge in [-0.25, -0.2) is 4.39 Å². The highest BCUT2D eigenvalue weighted by Crippen LogP contribution is 2.31. The van der Waals surface area contributed by atoms with Crippen molar-refractivity contribution >= 4 is 11.8 Å². The molecule has 0 aliphatic heterocycles. The average Bonchev–Trinajstić information content (AvgIpc) is 3.69. The topological polar surface area (TPSA) is 115 Å². The smallest absolute Gasteiger partial charge is 0.247 e. The number of nitrogens with zero attached hydrogens (tertiary/aromatic N) is 6. The number of likely N-dealkylation sites (N-methyl/N-ethyl adjacent to an activating group) is 1. The molecule has 11 nitrogen and oxygen atoms in total. The second-order valence-corrected chi connectivity index (χ2v) is 10.3. The standard InChI is InChI=1S/C30H40FN7O4/c1-5-36(6-2)17-18-37(28(21-11-14-23(31)15-12-21)30(40)32-24-9-7-8-10-24)27(39)20-38-34-29(33-35-38)22-13-16-25(41-3)26(19-22)42-4/h11-16,19,24,28H,5-10,17-18,20H2,1-4H3,(H,32,40)/t28-/m1/s1. The number of benzene rings is 2. The zero-order chi connectivity index (χ0) is 30.1. The number of hydrogen-bond donors (Lipinski definition) is 1. The third-order valence-corrected chi connectivity index (χ3v) is 7.69. The Balaban J connectivity index is 1.62. The van der Waals surface area contributed by atoms with Crippen LogP contribution >= 0.6 is 0 Å². The second kappa shape index (κ2) is 14.7. The van der Waals surface area contributed by atoms with Crippen molar-refractivity contribution in [2.24, 2.45) is 0 Å². The minimum absolute atomic E-state index is 0.0567. The predicted octanol–water partition coefficient (Wildman–Crippen LogP) is 3.47. The van der Waals surface area contributed by atoms with Crippen LogP contribution in [0.1, 0.15) is 51.1 Å². The molecule has 0 bridgehead atoms. The first-order chi connectivity index (χ1) is 20.4. The maximum Gasteiger partial charge on any atom is 0.247 e. The highest BCUT2D eigenvalue weighted by Gasteiger charge is 2.33. The molecule has 1 fully saturated rings. The summed E-state index contributed by atoms with van der Waals surface area (Å²) < 4.78 is 24.6. The van der Waals surface area contributed by atoms with Crippen LogP contribution in [0.25, 0.3) is 11.4 Å². The molecule has 0 radical (unpaired) electrons. The number of tetrazole rings is 1. The molecule has 1 aromatic heterocycles. The lowest BCUT2D eigenvalue weighted by atomic mass is 10.0. The Labute approximate surface area is 246 Å². The Bertz CT molecular complexity index is 1320. The van der Waals surface area contributed by atoms with E-state index in [1.807, 2.05) is 0 Å². The van der Waals surface area contributed by atoms with E-state index in [1.165, 1.54) is 24.0 Å². The number of carbonyl (C=O) groups is 2. The van der Waals surface area contributed by atoms with Crippen LogP contribution in [0, 0.1) is 5.82 Å². The minimum Gasteiger partial charge on any atom is -0.493 e. The van der Waals surface area contributed by atoms with Gasteiger partial charge in [0.1, 0.15) is 18.4 Å². The van der Waals surface area contributed by atoms with Crippen LogP contribution < -0.4 is 14.8 Å². The fourth-order valence-corrected chi connectivity index (χ4v) is 5.27. The van der Waals surface area contributed by atoms with Gasteiger partial charge < -0.3 is 24.6 Å². The summed E-state index contributed by atoms with van der Waals surface area (Å²) in [5.41, 5.74) is 1.18. The van der Waals surface area contributed by atoms with Gasteiger partial charge in [0.15, 0.2) is 11.5 Å². The first-order valence-corrected chi connectivity index (χ1v) is 14.4. The number of carbonyl (C=O) groups excluding carboxylic acids is 2. The van der Waals surface area contributed by atoms with Crippen molar-refractivity contribution in [3.63, 3.8) is 0 Å². The number of amides is 2. The van der Waals surface area contributed by atoms with Crippen molar-refractivity contribution in [1.82, 2.24) is 35.3 Å². The number of ether oxygens (including phenoxy) is 2. The Morgan fingerprint density at radius 2 is 1.71 bits per heavy atom. The predicted molar refractivity (Wildman–Crippen MR) is 155 cm³/mol. The van der Waals surface area contributed by atoms with Crippen molar-refractivity contribution in [2.45, 2.75) is 58.2 Å². The monoisotopic (exact) mass is 581 g/mol. The summed E-state index contributed by atoms with van der Waals surface area (Å²) in [7, 11) is 3.09. The number of aromatic nitrogens is 4. The average molecular weight is 582 g/mol. The lowest BCUT2D eigenvalue weighted by Gasteiger charge is -2.33. The summed E-state index contributed by atoms with van der Waals surface area (Å²) in [5.74, 6) is 0.348. The van der Waals surface area contributed by atoms with E-state index < -0.39 is 11.9 Å². The third kappa shape index (κ3) is 7.61. The number of nitrogens with one attached hydrogen (secondary N) is 1. The summed E-state index contributed by atoms with van der Waals surface area (Å²) in [4.78, 5) is 32.7. The van der Waals surface area contributed by atoms with E-state index in [-0.39, 0.29) is 30.9 Å². The molecule has 0 spiro atoms. The fourth-order valence-electron chi connectivity index (χ4n) is 5.27. The summed E-state index contributed by atoms with van der Waals surface area (Å²) in [6.45, 7) is 6.32. The van der Waals surface area contributed by atoms with Gasteiger partial charge in [-0.15, -0.1) is 10.2 Å². The third-order valence-electron chi connectivity index (χ3n) is 7.69. The van der Waals surface area contributed by atoms with Gasteiger partial charge in [-0.3, -0.25) is 9.59 Å². The van der Waals surface area contributed by atoms with Crippen molar-refractivity contribution in [1.29, 1.82) is 0 Å². The van der Waals surface area contributed by atoms with Gasteiger partial charge in [-0.05, 0) is 67.0 Å². The quantitative estimate of drug-likeness (QED) is 0.308. The van der Waals surface area contributed by atoms with Crippen LogP contribution in [0.4, 0.5) is 4.39 Å². The van der Waals surface area contributed by atoms with Gasteiger partial charge in [0, 0.05) is 24.7 Å². The zero-order valence-electron chi connectivity index (χ0n) is 24.8. The van der Waals surface area contributed by atoms with Gasteiger partial charge in [0.2, 0.25) is 17.6 Å². The van der Waals surface area contributed by atoms with E-state index in [4.69, 9.17) is 9.47 Å². The van der Waals surface area contributed by atoms with Gasteiger partial charge in [-0.1, -0.05) is 38.8 Å². The normalized spacial score (nSPS) is 14.1. The number of rotatable bonds is 14. The van der Waals surface area contributed by atoms with Gasteiger partial charge in [-0.2, -0.15) is 4.80 Å². The van der Waals surface area contributed by atoms with E-state index >= 15 is 0 Å². The molecule has 42 heavy (non-hydrogen) atoms. The zero-order valence-corrected chi connectivity index (χ0v) is 24.8. The Morgan fingerprint density at radius 3 is 2.36 bits per heavy atom. The van der Waals surface area contributed by atoms with E-state index in [0.717, 1.165) is 38.8 Å². The van der Waals surface area contributed by atoms with E-state index in [1.54, 1.807) is 42.3 Å². The highest BCUT2D eigenvalue weighted by atomic mass is 19.1. The molecular weight excluding hydrogens is 541 g/mol. The molecule has 3 aromatic rings. The van der Waals surface area contributed by atoms with Crippen molar-refractivity contribution in [3.8, 4) is 22.9 Å². The van der Waals surface area contributed by atoms with Crippen LogP contribution in [0.5, 0.6) is 11.5 Å². The minimum atomic E-state index is -0.942. The van der Waals surface area contributed by atoms with E-state index in [2.05, 4.69) is 39.5 Å². The van der Waals surface area contributed by atoms with Crippen molar-refractivity contribution in [3.05, 3.63) is 53.8 Å². The second-order valence-electron chi connectivity index (χ2n) is 10.3. The summed E-state index contributed by atoms with van der Waals surface area (Å²) in [6, 6.07) is 10.1. The Hall–Kier alpha value is -4.06. The molecule has 1 N–H and O–H groups in total. The lowest BCUT2D eigenvalue weighted by molar-refractivity contribution is -0.142. The van der Waals surface area contributed by atoms with Crippen LogP contribution in [-0.2, 0) is 16.1 Å². The Morgan fingerprint density at radius 1 is 1.02 bits per heavy atom. The molecule has 2 aromatic carbocycles. The molecule has 1 heterocycles. The molecule has 1 aliphatic rings. The largest absolute Gasteiger partial charge is 0.493 e. The molecule has 1 atom stereocenters. The van der Waals surface area contributed by atoms with Gasteiger partial charge in [0.05, 0.1) is 14.2 Å². The Kier molecular flexibility index (Phi) is 10.8. The number of methoxy groups -OCH3 is 2. The summed E-state index contributed by atoms with van der Waals surface area (Å²) in [6.07, 6.45) is 3.91. The van der Waals surface area contributed by atoms with Crippen LogP contribution in [0.2, 0.25) is 0 Å². The van der Waals surface area contributed by atoms with E-state index in [0.29, 0.717) is 35.0 Å². The van der Waals surface area contributed by atoms with Crippen LogP contribution in [0.15, 0.2) is 42.5 Å². The first kappa shape index (κ1) is 30.9. The number of halogens is 1. The molecular formula is C30H40FN7O4. The van der Waals surface area contributed by atoms with Crippen molar-refractivity contribution < 1.29 is 23.5 Å². The van der Waals surface area contributed by atoms with Crippen LogP contribution in [-0.4, -0.2) is 88.3 Å². The van der Waals surface area contributed by atoms with Crippen molar-refractivity contribution in [2.75, 3.05) is 40.4 Å². The van der Waals surface area contributed by atoms with E-state index in [9.17, 15) is 14.0 Å². The number of hydrogen-bond acceptors (Lipinski definition) is 8. The highest BCUT2D eigenvalue weighted by molar-refractivity contribution is 5.89. The molecule has 1 saturated carbocycles. The summed E-state index contributed by atoms with van der Waals surface area (Å²) >= 11 is 0. The molecule has 0 saturated heterocycles. The maximum absolute atomic E-state index is 13.9. The molecule has 12 heteroatoms. The molecule has 2 amide bonds. The molecule has 0 unspecified atom stereocenters.